The van der Waals surface area contributed by atoms with E-state index in [-0.39, 0.29) is 0 Å². The molecule has 1 unspecified atom stereocenters. The highest BCUT2D eigenvalue weighted by molar-refractivity contribution is 8.00. The maximum Gasteiger partial charge on any atom is 0.161 e. The van der Waals surface area contributed by atoms with Gasteiger partial charge in [0.25, 0.3) is 0 Å². The molecule has 1 atom stereocenters. The summed E-state index contributed by atoms with van der Waals surface area (Å²) in [7, 11) is 0. The zero-order valence-electron chi connectivity index (χ0n) is 9.72. The highest BCUT2D eigenvalue weighted by Crippen LogP contribution is 2.27. The van der Waals surface area contributed by atoms with Crippen LogP contribution >= 0.6 is 11.8 Å². The first kappa shape index (κ1) is 12.3. The number of hydrogen-bond donors (Lipinski definition) is 1. The van der Waals surface area contributed by atoms with E-state index < -0.39 is 0 Å². The summed E-state index contributed by atoms with van der Waals surface area (Å²) < 4.78 is 11.3. The molecule has 0 saturated carbocycles. The SMILES string of the molecule is C=CCOc1ccccc1OCC1NCCS1. The molecule has 0 amide bonds. The van der Waals surface area contributed by atoms with Crippen LogP contribution < -0.4 is 14.8 Å². The number of thioether (sulfide) groups is 1. The van der Waals surface area contributed by atoms with Crippen LogP contribution in [0.1, 0.15) is 0 Å². The fourth-order valence-electron chi connectivity index (χ4n) is 1.59. The zero-order chi connectivity index (χ0) is 11.9. The predicted octanol–water partition coefficient (Wildman–Crippen LogP) is 2.29. The Bertz CT molecular complexity index is 364. The van der Waals surface area contributed by atoms with Gasteiger partial charge in [-0.1, -0.05) is 24.8 Å². The van der Waals surface area contributed by atoms with E-state index >= 15 is 0 Å². The predicted molar refractivity (Wildman–Crippen MR) is 71.9 cm³/mol. The molecule has 1 fully saturated rings. The zero-order valence-corrected chi connectivity index (χ0v) is 10.5. The van der Waals surface area contributed by atoms with Crippen molar-refractivity contribution in [3.05, 3.63) is 36.9 Å². The lowest BCUT2D eigenvalue weighted by Gasteiger charge is -2.14. The van der Waals surface area contributed by atoms with Gasteiger partial charge in [-0.25, -0.2) is 0 Å². The molecule has 1 N–H and O–H groups in total. The molecule has 1 heterocycles. The smallest absolute Gasteiger partial charge is 0.161 e. The molecule has 0 bridgehead atoms. The van der Waals surface area contributed by atoms with Gasteiger partial charge in [0.1, 0.15) is 13.2 Å². The maximum atomic E-state index is 5.78. The fraction of sp³-hybridized carbons (Fsp3) is 0.385. The van der Waals surface area contributed by atoms with Crippen LogP contribution in [-0.4, -0.2) is 30.9 Å². The van der Waals surface area contributed by atoms with E-state index in [0.29, 0.717) is 18.6 Å². The van der Waals surface area contributed by atoms with Gasteiger partial charge < -0.3 is 14.8 Å². The standard InChI is InChI=1S/C13H17NO2S/c1-2-8-15-11-5-3-4-6-12(11)16-10-13-14-7-9-17-13/h2-6,13-14H,1,7-10H2. The van der Waals surface area contributed by atoms with Crippen LogP contribution in [0.4, 0.5) is 0 Å². The summed E-state index contributed by atoms with van der Waals surface area (Å²) in [5.41, 5.74) is 0. The molecule has 0 aromatic heterocycles. The fourth-order valence-corrected chi connectivity index (χ4v) is 2.51. The number of ether oxygens (including phenoxy) is 2. The second kappa shape index (κ2) is 6.57. The van der Waals surface area contributed by atoms with E-state index in [1.807, 2.05) is 36.0 Å². The highest BCUT2D eigenvalue weighted by atomic mass is 32.2. The summed E-state index contributed by atoms with van der Waals surface area (Å²) in [5.74, 6) is 2.72. The summed E-state index contributed by atoms with van der Waals surface area (Å²) in [6.07, 6.45) is 1.73. The normalized spacial score (nSPS) is 18.9. The van der Waals surface area contributed by atoms with E-state index in [1.54, 1.807) is 6.08 Å². The Morgan fingerprint density at radius 2 is 2.12 bits per heavy atom. The second-order valence-corrected chi connectivity index (χ2v) is 4.98. The summed E-state index contributed by atoms with van der Waals surface area (Å²) in [6, 6.07) is 7.73. The molecule has 17 heavy (non-hydrogen) atoms. The molecule has 2 rings (SSSR count). The first-order valence-corrected chi connectivity index (χ1v) is 6.75. The van der Waals surface area contributed by atoms with Crippen molar-refractivity contribution in [3.63, 3.8) is 0 Å². The van der Waals surface area contributed by atoms with E-state index in [0.717, 1.165) is 23.8 Å². The molecule has 1 aliphatic rings. The van der Waals surface area contributed by atoms with Crippen LogP contribution in [0.2, 0.25) is 0 Å². The van der Waals surface area contributed by atoms with Crippen molar-refractivity contribution in [1.29, 1.82) is 0 Å². The van der Waals surface area contributed by atoms with Crippen molar-refractivity contribution in [2.45, 2.75) is 5.37 Å². The molecule has 92 valence electrons. The Morgan fingerprint density at radius 1 is 1.35 bits per heavy atom. The van der Waals surface area contributed by atoms with Crippen molar-refractivity contribution in [1.82, 2.24) is 5.32 Å². The molecule has 0 aliphatic carbocycles. The third kappa shape index (κ3) is 3.68. The lowest BCUT2D eigenvalue weighted by atomic mass is 10.3. The Labute approximate surface area is 106 Å². The topological polar surface area (TPSA) is 30.5 Å². The number of rotatable bonds is 6. The van der Waals surface area contributed by atoms with Crippen molar-refractivity contribution >= 4 is 11.8 Å². The molecule has 4 heteroatoms. The van der Waals surface area contributed by atoms with Crippen LogP contribution in [0.15, 0.2) is 36.9 Å². The van der Waals surface area contributed by atoms with Crippen LogP contribution in [0.3, 0.4) is 0 Å². The summed E-state index contributed by atoms with van der Waals surface area (Å²) in [5, 5.41) is 3.76. The van der Waals surface area contributed by atoms with E-state index in [9.17, 15) is 0 Å². The van der Waals surface area contributed by atoms with E-state index in [2.05, 4.69) is 11.9 Å². The average Bonchev–Trinajstić information content (AvgIpc) is 2.88. The van der Waals surface area contributed by atoms with Crippen molar-refractivity contribution in [3.8, 4) is 11.5 Å². The van der Waals surface area contributed by atoms with Crippen molar-refractivity contribution in [2.24, 2.45) is 0 Å². The summed E-state index contributed by atoms with van der Waals surface area (Å²) in [6.45, 7) is 5.86. The lowest BCUT2D eigenvalue weighted by Crippen LogP contribution is -2.26. The summed E-state index contributed by atoms with van der Waals surface area (Å²) >= 11 is 1.89. The van der Waals surface area contributed by atoms with Gasteiger partial charge in [0, 0.05) is 12.3 Å². The Kier molecular flexibility index (Phi) is 4.76. The molecule has 1 aromatic carbocycles. The molecule has 1 saturated heterocycles. The quantitative estimate of drug-likeness (QED) is 0.786. The van der Waals surface area contributed by atoms with Gasteiger partial charge in [-0.15, -0.1) is 11.8 Å². The first-order chi connectivity index (χ1) is 8.40. The number of para-hydroxylation sites is 2. The number of hydrogen-bond acceptors (Lipinski definition) is 4. The van der Waals surface area contributed by atoms with Gasteiger partial charge >= 0.3 is 0 Å². The monoisotopic (exact) mass is 251 g/mol. The van der Waals surface area contributed by atoms with Crippen molar-refractivity contribution < 1.29 is 9.47 Å². The van der Waals surface area contributed by atoms with Crippen molar-refractivity contribution in [2.75, 3.05) is 25.5 Å². The molecule has 3 nitrogen and oxygen atoms in total. The number of benzene rings is 1. The number of nitrogens with one attached hydrogen (secondary N) is 1. The van der Waals surface area contributed by atoms with Gasteiger partial charge in [0.15, 0.2) is 11.5 Å². The van der Waals surface area contributed by atoms with Crippen LogP contribution in [0, 0.1) is 0 Å². The van der Waals surface area contributed by atoms with E-state index in [1.165, 1.54) is 0 Å². The molecular formula is C13H17NO2S. The third-order valence-electron chi connectivity index (χ3n) is 2.39. The maximum absolute atomic E-state index is 5.78. The first-order valence-electron chi connectivity index (χ1n) is 5.70. The van der Waals surface area contributed by atoms with Crippen LogP contribution in [0.25, 0.3) is 0 Å². The molecule has 1 aromatic rings. The largest absolute Gasteiger partial charge is 0.487 e. The molecule has 0 spiro atoms. The lowest BCUT2D eigenvalue weighted by molar-refractivity contribution is 0.278. The Balaban J connectivity index is 1.91. The minimum absolute atomic E-state index is 0.391. The second-order valence-electron chi connectivity index (χ2n) is 3.67. The molecule has 0 radical (unpaired) electrons. The Morgan fingerprint density at radius 3 is 2.76 bits per heavy atom. The average molecular weight is 251 g/mol. The minimum atomic E-state index is 0.391. The minimum Gasteiger partial charge on any atom is -0.487 e. The van der Waals surface area contributed by atoms with Gasteiger partial charge in [-0.05, 0) is 12.1 Å². The van der Waals surface area contributed by atoms with Gasteiger partial charge in [0.2, 0.25) is 0 Å². The van der Waals surface area contributed by atoms with Gasteiger partial charge in [0.05, 0.1) is 5.37 Å². The highest BCUT2D eigenvalue weighted by Gasteiger charge is 2.15. The van der Waals surface area contributed by atoms with Crippen LogP contribution in [-0.2, 0) is 0 Å². The van der Waals surface area contributed by atoms with Crippen LogP contribution in [0.5, 0.6) is 11.5 Å². The van der Waals surface area contributed by atoms with E-state index in [4.69, 9.17) is 9.47 Å². The third-order valence-corrected chi connectivity index (χ3v) is 3.53. The molecule has 1 aliphatic heterocycles. The van der Waals surface area contributed by atoms with Gasteiger partial charge in [-0.2, -0.15) is 0 Å². The van der Waals surface area contributed by atoms with Gasteiger partial charge in [-0.3, -0.25) is 0 Å². The molecular weight excluding hydrogens is 234 g/mol. The Hall–Kier alpha value is -1.13. The summed E-state index contributed by atoms with van der Waals surface area (Å²) in [4.78, 5) is 0.